The molecule has 4 nitrogen and oxygen atoms in total. The predicted molar refractivity (Wildman–Crippen MR) is 79.5 cm³/mol. The van der Waals surface area contributed by atoms with Gasteiger partial charge < -0.3 is 15.5 Å². The van der Waals surface area contributed by atoms with Crippen molar-refractivity contribution < 1.29 is 4.79 Å². The lowest BCUT2D eigenvalue weighted by atomic mass is 9.95. The molecule has 2 aliphatic rings. The zero-order valence-electron chi connectivity index (χ0n) is 11.9. The van der Waals surface area contributed by atoms with Crippen LogP contribution in [0, 0.1) is 0 Å². The molecule has 3 rings (SSSR count). The summed E-state index contributed by atoms with van der Waals surface area (Å²) < 4.78 is 0. The minimum atomic E-state index is -0.0801. The van der Waals surface area contributed by atoms with E-state index in [4.69, 9.17) is 0 Å². The lowest BCUT2D eigenvalue weighted by Crippen LogP contribution is -2.48. The Hall–Kier alpha value is -1.39. The Morgan fingerprint density at radius 2 is 2.00 bits per heavy atom. The molecule has 1 fully saturated rings. The van der Waals surface area contributed by atoms with Crippen molar-refractivity contribution in [1.29, 1.82) is 0 Å². The Morgan fingerprint density at radius 3 is 2.80 bits per heavy atom. The molecule has 0 saturated carbocycles. The summed E-state index contributed by atoms with van der Waals surface area (Å²) in [6.07, 6.45) is 3.40. The summed E-state index contributed by atoms with van der Waals surface area (Å²) in [5.41, 5.74) is 2.61. The van der Waals surface area contributed by atoms with Crippen LogP contribution in [0.25, 0.3) is 0 Å². The van der Waals surface area contributed by atoms with Crippen molar-refractivity contribution in [3.63, 3.8) is 0 Å². The smallest absolute Gasteiger partial charge is 0.237 e. The molecule has 1 amide bonds. The quantitative estimate of drug-likeness (QED) is 0.857. The SMILES string of the molecule is O=C(NCCN1CCCC1)[C@@H]1Cc2ccccc2CN1. The standard InChI is InChI=1S/C16H23N3O/c20-16(17-7-10-19-8-3-4-9-19)15-11-13-5-1-2-6-14(13)12-18-15/h1-2,5-6,15,18H,3-4,7-12H2,(H,17,20)/t15-/m0/s1. The maximum Gasteiger partial charge on any atom is 0.237 e. The first-order valence-electron chi connectivity index (χ1n) is 7.63. The number of rotatable bonds is 4. The summed E-state index contributed by atoms with van der Waals surface area (Å²) >= 11 is 0. The van der Waals surface area contributed by atoms with Crippen LogP contribution in [0.2, 0.25) is 0 Å². The molecule has 0 aliphatic carbocycles. The third kappa shape index (κ3) is 3.19. The first kappa shape index (κ1) is 13.6. The van der Waals surface area contributed by atoms with Crippen LogP contribution in [-0.2, 0) is 17.8 Å². The second-order valence-electron chi connectivity index (χ2n) is 5.75. The minimum Gasteiger partial charge on any atom is -0.353 e. The van der Waals surface area contributed by atoms with Gasteiger partial charge in [0.1, 0.15) is 0 Å². The Morgan fingerprint density at radius 1 is 1.25 bits per heavy atom. The highest BCUT2D eigenvalue weighted by atomic mass is 16.2. The van der Waals surface area contributed by atoms with Gasteiger partial charge in [0.15, 0.2) is 0 Å². The molecule has 0 aromatic heterocycles. The summed E-state index contributed by atoms with van der Waals surface area (Å²) in [4.78, 5) is 14.6. The van der Waals surface area contributed by atoms with Crippen LogP contribution in [-0.4, -0.2) is 43.0 Å². The average molecular weight is 273 g/mol. The highest BCUT2D eigenvalue weighted by Crippen LogP contribution is 2.16. The molecule has 108 valence electrons. The van der Waals surface area contributed by atoms with Crippen LogP contribution in [0.5, 0.6) is 0 Å². The number of carbonyl (C=O) groups excluding carboxylic acids is 1. The number of hydrogen-bond acceptors (Lipinski definition) is 3. The van der Waals surface area contributed by atoms with Crippen molar-refractivity contribution in [3.8, 4) is 0 Å². The van der Waals surface area contributed by atoms with Crippen LogP contribution in [0.4, 0.5) is 0 Å². The largest absolute Gasteiger partial charge is 0.353 e. The molecule has 1 aromatic rings. The zero-order valence-corrected chi connectivity index (χ0v) is 11.9. The van der Waals surface area contributed by atoms with Gasteiger partial charge in [-0.15, -0.1) is 0 Å². The molecule has 0 radical (unpaired) electrons. The second-order valence-corrected chi connectivity index (χ2v) is 5.75. The van der Waals surface area contributed by atoms with Gasteiger partial charge in [-0.3, -0.25) is 4.79 Å². The van der Waals surface area contributed by atoms with Crippen molar-refractivity contribution >= 4 is 5.91 Å². The van der Waals surface area contributed by atoms with Crippen LogP contribution >= 0.6 is 0 Å². The fraction of sp³-hybridized carbons (Fsp3) is 0.562. The van der Waals surface area contributed by atoms with E-state index in [0.717, 1.165) is 26.1 Å². The van der Waals surface area contributed by atoms with E-state index in [2.05, 4.69) is 33.7 Å². The van der Waals surface area contributed by atoms with Crippen molar-refractivity contribution in [2.45, 2.75) is 31.8 Å². The van der Waals surface area contributed by atoms with Crippen molar-refractivity contribution in [1.82, 2.24) is 15.5 Å². The van der Waals surface area contributed by atoms with Crippen LogP contribution in [0.1, 0.15) is 24.0 Å². The van der Waals surface area contributed by atoms with Gasteiger partial charge in [0.05, 0.1) is 6.04 Å². The average Bonchev–Trinajstić information content (AvgIpc) is 3.00. The first-order valence-corrected chi connectivity index (χ1v) is 7.63. The van der Waals surface area contributed by atoms with Crippen molar-refractivity contribution in [2.75, 3.05) is 26.2 Å². The van der Waals surface area contributed by atoms with E-state index in [9.17, 15) is 4.79 Å². The van der Waals surface area contributed by atoms with Gasteiger partial charge in [0, 0.05) is 19.6 Å². The fourth-order valence-electron chi connectivity index (χ4n) is 3.11. The van der Waals surface area contributed by atoms with Gasteiger partial charge in [-0.25, -0.2) is 0 Å². The fourth-order valence-corrected chi connectivity index (χ4v) is 3.11. The van der Waals surface area contributed by atoms with Gasteiger partial charge in [0.25, 0.3) is 0 Å². The third-order valence-electron chi connectivity index (χ3n) is 4.32. The van der Waals surface area contributed by atoms with Crippen molar-refractivity contribution in [2.24, 2.45) is 0 Å². The van der Waals surface area contributed by atoms with E-state index in [1.165, 1.54) is 37.1 Å². The Labute approximate surface area is 120 Å². The lowest BCUT2D eigenvalue weighted by molar-refractivity contribution is -0.123. The molecule has 1 saturated heterocycles. The third-order valence-corrected chi connectivity index (χ3v) is 4.32. The monoisotopic (exact) mass is 273 g/mol. The number of amides is 1. The van der Waals surface area contributed by atoms with Gasteiger partial charge in [-0.05, 0) is 43.5 Å². The van der Waals surface area contributed by atoms with E-state index < -0.39 is 0 Å². The van der Waals surface area contributed by atoms with Gasteiger partial charge >= 0.3 is 0 Å². The topological polar surface area (TPSA) is 44.4 Å². The predicted octanol–water partition coefficient (Wildman–Crippen LogP) is 0.913. The summed E-state index contributed by atoms with van der Waals surface area (Å²) in [6.45, 7) is 4.91. The lowest BCUT2D eigenvalue weighted by Gasteiger charge is -2.25. The summed E-state index contributed by atoms with van der Waals surface area (Å²) in [7, 11) is 0. The van der Waals surface area contributed by atoms with E-state index in [1.54, 1.807) is 0 Å². The van der Waals surface area contributed by atoms with Gasteiger partial charge in [0.2, 0.25) is 5.91 Å². The Balaban J connectivity index is 1.46. The number of benzene rings is 1. The molecule has 2 heterocycles. The molecular formula is C16H23N3O. The number of fused-ring (bicyclic) bond motifs is 1. The maximum atomic E-state index is 12.2. The minimum absolute atomic E-state index is 0.0801. The number of likely N-dealkylation sites (tertiary alicyclic amines) is 1. The summed E-state index contributed by atoms with van der Waals surface area (Å²) in [5, 5.41) is 6.39. The van der Waals surface area contributed by atoms with Crippen LogP contribution in [0.15, 0.2) is 24.3 Å². The molecule has 0 bridgehead atoms. The number of nitrogens with zero attached hydrogens (tertiary/aromatic N) is 1. The molecule has 0 spiro atoms. The van der Waals surface area contributed by atoms with E-state index >= 15 is 0 Å². The molecule has 2 aliphatic heterocycles. The second kappa shape index (κ2) is 6.37. The summed E-state index contributed by atoms with van der Waals surface area (Å²) in [6, 6.07) is 8.28. The Bertz CT molecular complexity index is 469. The highest BCUT2D eigenvalue weighted by molar-refractivity contribution is 5.82. The van der Waals surface area contributed by atoms with E-state index in [0.29, 0.717) is 0 Å². The number of nitrogens with one attached hydrogen (secondary N) is 2. The van der Waals surface area contributed by atoms with Crippen molar-refractivity contribution in [3.05, 3.63) is 35.4 Å². The first-order chi connectivity index (χ1) is 9.83. The highest BCUT2D eigenvalue weighted by Gasteiger charge is 2.23. The van der Waals surface area contributed by atoms with Crippen LogP contribution < -0.4 is 10.6 Å². The maximum absolute atomic E-state index is 12.2. The molecule has 1 aromatic carbocycles. The molecule has 20 heavy (non-hydrogen) atoms. The van der Waals surface area contributed by atoms with Gasteiger partial charge in [-0.1, -0.05) is 24.3 Å². The number of carbonyl (C=O) groups is 1. The summed E-state index contributed by atoms with van der Waals surface area (Å²) in [5.74, 6) is 0.138. The molecule has 0 unspecified atom stereocenters. The normalized spacial score (nSPS) is 22.5. The Kier molecular flexibility index (Phi) is 4.33. The molecule has 2 N–H and O–H groups in total. The van der Waals surface area contributed by atoms with Crippen LogP contribution in [0.3, 0.4) is 0 Å². The van der Waals surface area contributed by atoms with E-state index in [1.807, 2.05) is 6.07 Å². The number of hydrogen-bond donors (Lipinski definition) is 2. The molecule has 1 atom stereocenters. The molecular weight excluding hydrogens is 250 g/mol. The molecule has 4 heteroatoms. The van der Waals surface area contributed by atoms with Gasteiger partial charge in [-0.2, -0.15) is 0 Å². The zero-order chi connectivity index (χ0) is 13.8. The van der Waals surface area contributed by atoms with E-state index in [-0.39, 0.29) is 11.9 Å².